The van der Waals surface area contributed by atoms with Crippen LogP contribution < -0.4 is 5.32 Å². The maximum Gasteiger partial charge on any atom is 0.257 e. The molecule has 1 aliphatic heterocycles. The van der Waals surface area contributed by atoms with Crippen LogP contribution in [0.25, 0.3) is 16.8 Å². The van der Waals surface area contributed by atoms with Gasteiger partial charge in [-0.2, -0.15) is 0 Å². The highest BCUT2D eigenvalue weighted by atomic mass is 32.2. The molecule has 1 saturated heterocycles. The molecule has 1 N–H and O–H groups in total. The van der Waals surface area contributed by atoms with Crippen molar-refractivity contribution in [2.45, 2.75) is 30.5 Å². The molecule has 4 aromatic rings. The summed E-state index contributed by atoms with van der Waals surface area (Å²) >= 11 is 1.30. The molecular weight excluding hydrogens is 448 g/mol. The molecule has 1 atom stereocenters. The second kappa shape index (κ2) is 11.7. The van der Waals surface area contributed by atoms with Gasteiger partial charge in [0, 0.05) is 12.4 Å². The van der Waals surface area contributed by atoms with Gasteiger partial charge in [-0.1, -0.05) is 42.4 Å². The number of nitrogens with zero attached hydrogens (tertiary/aromatic N) is 3. The molecule has 0 spiro atoms. The minimum absolute atomic E-state index is 0.0172. The number of hydrogen-bond acceptors (Lipinski definition) is 6. The SMILES string of the molecule is CN1CCCC[C@H]1C(=O)Nc1ccccc1-n1cccc1.O=CCSc1nc2ccccc2o1. The van der Waals surface area contributed by atoms with Gasteiger partial charge in [-0.3, -0.25) is 9.69 Å². The number of fused-ring (bicyclic) bond motifs is 1. The van der Waals surface area contributed by atoms with Crippen molar-refractivity contribution in [2.75, 3.05) is 24.7 Å². The van der Waals surface area contributed by atoms with Crippen molar-refractivity contribution >= 4 is 40.7 Å². The van der Waals surface area contributed by atoms with E-state index in [1.165, 1.54) is 18.2 Å². The summed E-state index contributed by atoms with van der Waals surface area (Å²) in [5, 5.41) is 3.65. The molecule has 34 heavy (non-hydrogen) atoms. The third-order valence-electron chi connectivity index (χ3n) is 5.67. The van der Waals surface area contributed by atoms with Crippen molar-refractivity contribution in [3.63, 3.8) is 0 Å². The Morgan fingerprint density at radius 1 is 1.12 bits per heavy atom. The number of likely N-dealkylation sites (N-methyl/N-ethyl adjacent to an activating group) is 1. The minimum atomic E-state index is -0.0172. The second-order valence-electron chi connectivity index (χ2n) is 8.01. The number of oxazole rings is 1. The molecule has 1 aliphatic rings. The second-order valence-corrected chi connectivity index (χ2v) is 8.99. The minimum Gasteiger partial charge on any atom is -0.431 e. The summed E-state index contributed by atoms with van der Waals surface area (Å²) in [5.74, 6) is 0.476. The van der Waals surface area contributed by atoms with E-state index in [1.807, 2.05) is 84.7 Å². The summed E-state index contributed by atoms with van der Waals surface area (Å²) < 4.78 is 7.38. The molecule has 8 heteroatoms. The lowest BCUT2D eigenvalue weighted by Crippen LogP contribution is -2.44. The standard InChI is InChI=1S/C17H21N3O.C9H7NO2S/c1-19-11-5-4-10-16(19)17(21)18-14-8-2-3-9-15(14)20-12-6-7-13-20;11-5-6-13-9-10-7-3-1-2-4-8(7)12-9/h2-3,6-9,12-13,16H,4-5,10-11H2,1H3,(H,18,21);1-5H,6H2/t16-;/m0./s1. The van der Waals surface area contributed by atoms with Crippen molar-refractivity contribution in [3.8, 4) is 5.69 Å². The van der Waals surface area contributed by atoms with Crippen LogP contribution in [0.15, 0.2) is 82.7 Å². The van der Waals surface area contributed by atoms with Gasteiger partial charge >= 0.3 is 0 Å². The van der Waals surface area contributed by atoms with Crippen LogP contribution in [0.5, 0.6) is 0 Å². The zero-order valence-corrected chi connectivity index (χ0v) is 19.9. The van der Waals surface area contributed by atoms with Crippen molar-refractivity contribution in [2.24, 2.45) is 0 Å². The van der Waals surface area contributed by atoms with E-state index in [0.717, 1.165) is 48.1 Å². The van der Waals surface area contributed by atoms with Gasteiger partial charge in [0.25, 0.3) is 5.22 Å². The summed E-state index contributed by atoms with van der Waals surface area (Å²) in [6.07, 6.45) is 8.05. The Bertz CT molecular complexity index is 1190. The first kappa shape index (κ1) is 23.8. The maximum atomic E-state index is 12.5. The summed E-state index contributed by atoms with van der Waals surface area (Å²) in [6, 6.07) is 19.4. The van der Waals surface area contributed by atoms with Crippen molar-refractivity contribution in [3.05, 3.63) is 73.1 Å². The number of thioether (sulfide) groups is 1. The van der Waals surface area contributed by atoms with E-state index >= 15 is 0 Å². The Morgan fingerprint density at radius 2 is 1.88 bits per heavy atom. The third-order valence-corrected chi connectivity index (χ3v) is 6.39. The predicted octanol–water partition coefficient (Wildman–Crippen LogP) is 5.02. The number of carbonyl (C=O) groups is 2. The van der Waals surface area contributed by atoms with Gasteiger partial charge in [0.2, 0.25) is 5.91 Å². The Morgan fingerprint density at radius 3 is 2.65 bits per heavy atom. The van der Waals surface area contributed by atoms with E-state index in [2.05, 4.69) is 15.2 Å². The molecule has 176 valence electrons. The van der Waals surface area contributed by atoms with Gasteiger partial charge in [0.05, 0.1) is 23.2 Å². The van der Waals surface area contributed by atoms with Crippen LogP contribution >= 0.6 is 11.8 Å². The van der Waals surface area contributed by atoms with Crippen molar-refractivity contribution < 1.29 is 14.0 Å². The summed E-state index contributed by atoms with van der Waals surface area (Å²) in [5.41, 5.74) is 3.44. The van der Waals surface area contributed by atoms with Crippen LogP contribution in [-0.2, 0) is 9.59 Å². The Balaban J connectivity index is 0.000000180. The molecule has 2 aromatic carbocycles. The molecule has 7 nitrogen and oxygen atoms in total. The number of carbonyl (C=O) groups excluding carboxylic acids is 2. The normalized spacial score (nSPS) is 16.0. The fourth-order valence-corrected chi connectivity index (χ4v) is 4.46. The van der Waals surface area contributed by atoms with Crippen LogP contribution in [0.1, 0.15) is 19.3 Å². The van der Waals surface area contributed by atoms with Crippen LogP contribution in [0.4, 0.5) is 5.69 Å². The predicted molar refractivity (Wildman–Crippen MR) is 135 cm³/mol. The number of nitrogens with one attached hydrogen (secondary N) is 1. The number of benzene rings is 2. The van der Waals surface area contributed by atoms with Gasteiger partial charge in [0.1, 0.15) is 11.8 Å². The smallest absolute Gasteiger partial charge is 0.257 e. The summed E-state index contributed by atoms with van der Waals surface area (Å²) in [7, 11) is 2.03. The monoisotopic (exact) mass is 476 g/mol. The lowest BCUT2D eigenvalue weighted by atomic mass is 10.0. The van der Waals surface area contributed by atoms with Crippen molar-refractivity contribution in [1.82, 2.24) is 14.5 Å². The Labute approximate surface area is 203 Å². The molecule has 0 unspecified atom stereocenters. The van der Waals surface area contributed by atoms with Crippen LogP contribution in [-0.4, -0.2) is 52.0 Å². The Hall–Kier alpha value is -3.36. The number of aldehydes is 1. The first-order chi connectivity index (χ1) is 16.7. The molecule has 0 radical (unpaired) electrons. The number of likely N-dealkylation sites (tertiary alicyclic amines) is 1. The Kier molecular flexibility index (Phi) is 8.17. The van der Waals surface area contributed by atoms with Crippen LogP contribution in [0.2, 0.25) is 0 Å². The quantitative estimate of drug-likeness (QED) is 0.311. The van der Waals surface area contributed by atoms with E-state index in [1.54, 1.807) is 0 Å². The largest absolute Gasteiger partial charge is 0.431 e. The average Bonchev–Trinajstić information content (AvgIpc) is 3.54. The molecule has 1 amide bonds. The van der Waals surface area contributed by atoms with Gasteiger partial charge < -0.3 is 19.1 Å². The molecular formula is C26H28N4O3S. The average molecular weight is 477 g/mol. The summed E-state index contributed by atoms with van der Waals surface area (Å²) in [6.45, 7) is 0.997. The fraction of sp³-hybridized carbons (Fsp3) is 0.269. The van der Waals surface area contributed by atoms with E-state index in [-0.39, 0.29) is 11.9 Å². The zero-order chi connectivity index (χ0) is 23.8. The maximum absolute atomic E-state index is 12.5. The van der Waals surface area contributed by atoms with E-state index in [4.69, 9.17) is 4.42 Å². The number of piperidine rings is 1. The molecule has 2 aromatic heterocycles. The van der Waals surface area contributed by atoms with E-state index in [9.17, 15) is 9.59 Å². The molecule has 0 aliphatic carbocycles. The number of rotatable bonds is 6. The molecule has 1 fully saturated rings. The number of anilines is 1. The third kappa shape index (κ3) is 5.95. The molecule has 0 bridgehead atoms. The first-order valence-corrected chi connectivity index (χ1v) is 12.3. The molecule has 5 rings (SSSR count). The van der Waals surface area contributed by atoms with E-state index in [0.29, 0.717) is 11.0 Å². The van der Waals surface area contributed by atoms with Crippen LogP contribution in [0.3, 0.4) is 0 Å². The lowest BCUT2D eigenvalue weighted by molar-refractivity contribution is -0.121. The zero-order valence-electron chi connectivity index (χ0n) is 19.1. The number of amides is 1. The lowest BCUT2D eigenvalue weighted by Gasteiger charge is -2.31. The van der Waals surface area contributed by atoms with Crippen molar-refractivity contribution in [1.29, 1.82) is 0 Å². The molecule has 3 heterocycles. The number of para-hydroxylation sites is 4. The van der Waals surface area contributed by atoms with Gasteiger partial charge in [-0.05, 0) is 62.8 Å². The topological polar surface area (TPSA) is 80.4 Å². The van der Waals surface area contributed by atoms with Crippen LogP contribution in [0, 0.1) is 0 Å². The highest BCUT2D eigenvalue weighted by Crippen LogP contribution is 2.23. The first-order valence-electron chi connectivity index (χ1n) is 11.3. The highest BCUT2D eigenvalue weighted by Gasteiger charge is 2.26. The summed E-state index contributed by atoms with van der Waals surface area (Å²) in [4.78, 5) is 29.0. The van der Waals surface area contributed by atoms with Gasteiger partial charge in [-0.25, -0.2) is 4.98 Å². The molecule has 0 saturated carbocycles. The van der Waals surface area contributed by atoms with Gasteiger partial charge in [-0.15, -0.1) is 0 Å². The van der Waals surface area contributed by atoms with E-state index < -0.39 is 0 Å². The number of aromatic nitrogens is 2. The highest BCUT2D eigenvalue weighted by molar-refractivity contribution is 7.99. The van der Waals surface area contributed by atoms with Gasteiger partial charge in [0.15, 0.2) is 5.58 Å². The number of hydrogen-bond donors (Lipinski definition) is 1. The fourth-order valence-electron chi connectivity index (χ4n) is 3.94.